The highest BCUT2D eigenvalue weighted by Crippen LogP contribution is 2.45. The number of aromatic nitrogens is 1. The van der Waals surface area contributed by atoms with Crippen LogP contribution in [-0.2, 0) is 25.9 Å². The number of nitrogens with zero attached hydrogens (tertiary/aromatic N) is 2. The molecule has 0 aliphatic carbocycles. The van der Waals surface area contributed by atoms with Gasteiger partial charge in [-0.1, -0.05) is 44.2 Å². The van der Waals surface area contributed by atoms with Crippen LogP contribution >= 0.6 is 7.82 Å². The summed E-state index contributed by atoms with van der Waals surface area (Å²) in [5.74, 6) is 0.556. The number of nitrogens with one attached hydrogen (secondary N) is 1. The number of fused-ring (bicyclic) bond motifs is 1. The average molecular weight is 590 g/mol. The van der Waals surface area contributed by atoms with Crippen molar-refractivity contribution in [1.29, 1.82) is 0 Å². The monoisotopic (exact) mass is 589 g/mol. The molecule has 1 unspecified atom stereocenters. The zero-order chi connectivity index (χ0) is 30.4. The number of carbonyl (C=O) groups is 1. The van der Waals surface area contributed by atoms with Gasteiger partial charge in [0.05, 0.1) is 18.9 Å². The maximum Gasteiger partial charge on any atom is 0.524 e. The molecule has 0 spiro atoms. The molecule has 2 aromatic carbocycles. The third-order valence-electron chi connectivity index (χ3n) is 7.78. The zero-order valence-corrected chi connectivity index (χ0v) is 25.5. The van der Waals surface area contributed by atoms with Crippen LogP contribution in [0.5, 0.6) is 5.75 Å². The molecule has 3 heterocycles. The predicted molar refractivity (Wildman–Crippen MR) is 164 cm³/mol. The Hall–Kier alpha value is -3.91. The van der Waals surface area contributed by atoms with E-state index in [1.807, 2.05) is 77.1 Å². The van der Waals surface area contributed by atoms with Gasteiger partial charge in [-0.25, -0.2) is 9.56 Å². The number of ether oxygens (including phenoxy) is 1. The largest absolute Gasteiger partial charge is 0.524 e. The lowest BCUT2D eigenvalue weighted by atomic mass is 9.78. The fraction of sp³-hybridized carbons (Fsp3) is 0.312. The van der Waals surface area contributed by atoms with Crippen LogP contribution in [0, 0.1) is 20.8 Å². The van der Waals surface area contributed by atoms with Crippen molar-refractivity contribution < 1.29 is 28.4 Å². The summed E-state index contributed by atoms with van der Waals surface area (Å²) in [4.78, 5) is 43.4. The second-order valence-electron chi connectivity index (χ2n) is 11.5. The molecule has 10 heteroatoms. The molecule has 2 aliphatic rings. The maximum absolute atomic E-state index is 14.2. The van der Waals surface area contributed by atoms with Crippen molar-refractivity contribution in [2.45, 2.75) is 58.9 Å². The van der Waals surface area contributed by atoms with Gasteiger partial charge in [-0.15, -0.1) is 0 Å². The molecule has 1 aromatic heterocycles. The average Bonchev–Trinajstić information content (AvgIpc) is 3.56. The van der Waals surface area contributed by atoms with Crippen molar-refractivity contribution in [2.24, 2.45) is 4.99 Å². The maximum atomic E-state index is 14.2. The summed E-state index contributed by atoms with van der Waals surface area (Å²) >= 11 is 0. The number of para-hydroxylation sites is 1. The number of rotatable bonds is 8. The number of H-pyrrole nitrogens is 1. The van der Waals surface area contributed by atoms with E-state index in [4.69, 9.17) is 14.3 Å². The van der Waals surface area contributed by atoms with E-state index in [1.165, 1.54) is 6.07 Å². The highest BCUT2D eigenvalue weighted by Gasteiger charge is 2.41. The Bertz CT molecular complexity index is 1690. The molecule has 220 valence electrons. The number of phosphoric acid groups is 1. The SMILES string of the molecule is COC1=CC(C2Cc3ccccc3N2C(=O)CC(C)(C)c2c(C)cccc2OP(=O)(O)O)=N/C1=C/c1[nH]c(C)cc1C. The van der Waals surface area contributed by atoms with Crippen molar-refractivity contribution in [3.8, 4) is 5.75 Å². The molecule has 42 heavy (non-hydrogen) atoms. The van der Waals surface area contributed by atoms with E-state index in [9.17, 15) is 19.1 Å². The number of benzene rings is 2. The van der Waals surface area contributed by atoms with Crippen LogP contribution in [-0.4, -0.2) is 39.5 Å². The van der Waals surface area contributed by atoms with Gasteiger partial charge in [0.25, 0.3) is 0 Å². The normalized spacial score (nSPS) is 17.8. The van der Waals surface area contributed by atoms with Gasteiger partial charge in [-0.05, 0) is 61.7 Å². The first kappa shape index (κ1) is 29.6. The molecular weight excluding hydrogens is 553 g/mol. The van der Waals surface area contributed by atoms with Crippen LogP contribution < -0.4 is 9.42 Å². The summed E-state index contributed by atoms with van der Waals surface area (Å²) in [7, 11) is -3.20. The summed E-state index contributed by atoms with van der Waals surface area (Å²) in [5.41, 5.74) is 6.91. The minimum atomic E-state index is -4.81. The molecule has 0 saturated heterocycles. The van der Waals surface area contributed by atoms with Crippen molar-refractivity contribution in [3.63, 3.8) is 0 Å². The third kappa shape index (κ3) is 5.86. The molecule has 3 N–H and O–H groups in total. The Morgan fingerprint density at radius 3 is 2.55 bits per heavy atom. The van der Waals surface area contributed by atoms with Gasteiger partial charge in [0, 0.05) is 47.0 Å². The van der Waals surface area contributed by atoms with E-state index in [-0.39, 0.29) is 24.1 Å². The number of aryl methyl sites for hydroxylation is 3. The first-order chi connectivity index (χ1) is 19.8. The molecule has 0 radical (unpaired) electrons. The minimum absolute atomic E-state index is 0.0666. The predicted octanol–water partition coefficient (Wildman–Crippen LogP) is 6.06. The van der Waals surface area contributed by atoms with Gasteiger partial charge in [0.1, 0.15) is 17.2 Å². The van der Waals surface area contributed by atoms with E-state index in [1.54, 1.807) is 18.1 Å². The fourth-order valence-electron chi connectivity index (χ4n) is 6.10. The lowest BCUT2D eigenvalue weighted by Gasteiger charge is -2.32. The van der Waals surface area contributed by atoms with Gasteiger partial charge in [0.15, 0.2) is 0 Å². The molecule has 1 amide bonds. The molecule has 0 bridgehead atoms. The Kier molecular flexibility index (Phi) is 7.79. The smallest absolute Gasteiger partial charge is 0.494 e. The van der Waals surface area contributed by atoms with Gasteiger partial charge in [0.2, 0.25) is 5.91 Å². The molecule has 3 aromatic rings. The topological polar surface area (TPSA) is 124 Å². The third-order valence-corrected chi connectivity index (χ3v) is 8.21. The van der Waals surface area contributed by atoms with E-state index < -0.39 is 13.2 Å². The van der Waals surface area contributed by atoms with Crippen molar-refractivity contribution in [3.05, 3.63) is 99.7 Å². The number of aromatic amines is 1. The van der Waals surface area contributed by atoms with Crippen molar-refractivity contribution in [1.82, 2.24) is 4.98 Å². The fourth-order valence-corrected chi connectivity index (χ4v) is 6.51. The van der Waals surface area contributed by atoms with Gasteiger partial charge < -0.3 is 19.1 Å². The highest BCUT2D eigenvalue weighted by atomic mass is 31.2. The molecule has 2 aliphatic heterocycles. The minimum Gasteiger partial charge on any atom is -0.494 e. The van der Waals surface area contributed by atoms with Crippen LogP contribution in [0.3, 0.4) is 0 Å². The summed E-state index contributed by atoms with van der Waals surface area (Å²) in [6.07, 6.45) is 4.52. The van der Waals surface area contributed by atoms with Crippen LogP contribution in [0.25, 0.3) is 6.08 Å². The van der Waals surface area contributed by atoms with Gasteiger partial charge in [-0.3, -0.25) is 14.6 Å². The number of methoxy groups -OCH3 is 1. The Labute approximate surface area is 245 Å². The summed E-state index contributed by atoms with van der Waals surface area (Å²) in [6.45, 7) is 9.65. The van der Waals surface area contributed by atoms with Gasteiger partial charge in [-0.2, -0.15) is 0 Å². The standard InChI is InChI=1S/C32H36N3O6P/c1-19-10-9-13-28(41-42(37,38)39)31(19)32(4,5)18-30(36)35-26-12-8-7-11-22(26)15-27(35)24-17-29(40-6)25(34-24)16-23-20(2)14-21(3)33-23/h7-14,16-17,27,33H,15,18H2,1-6H3,(H2,37,38,39)/b25-16+. The molecule has 1 atom stereocenters. The van der Waals surface area contributed by atoms with Crippen LogP contribution in [0.2, 0.25) is 0 Å². The highest BCUT2D eigenvalue weighted by molar-refractivity contribution is 7.46. The first-order valence-electron chi connectivity index (χ1n) is 13.7. The number of aliphatic imine (C=N–C) groups is 1. The number of amides is 1. The molecule has 5 rings (SSSR count). The second kappa shape index (κ2) is 11.1. The molecule has 0 saturated carbocycles. The lowest BCUT2D eigenvalue weighted by Crippen LogP contribution is -2.44. The van der Waals surface area contributed by atoms with Gasteiger partial charge >= 0.3 is 7.82 Å². The number of anilines is 1. The van der Waals surface area contributed by atoms with E-state index in [2.05, 4.69) is 11.1 Å². The summed E-state index contributed by atoms with van der Waals surface area (Å²) < 4.78 is 22.5. The van der Waals surface area contributed by atoms with E-state index >= 15 is 0 Å². The Balaban J connectivity index is 1.51. The van der Waals surface area contributed by atoms with Crippen molar-refractivity contribution >= 4 is 31.2 Å². The second-order valence-corrected chi connectivity index (χ2v) is 12.7. The lowest BCUT2D eigenvalue weighted by molar-refractivity contribution is -0.119. The summed E-state index contributed by atoms with van der Waals surface area (Å²) in [5, 5.41) is 0. The summed E-state index contributed by atoms with van der Waals surface area (Å²) in [6, 6.07) is 14.6. The quantitative estimate of drug-likeness (QED) is 0.274. The first-order valence-corrected chi connectivity index (χ1v) is 15.3. The Morgan fingerprint density at radius 1 is 1.14 bits per heavy atom. The van der Waals surface area contributed by atoms with E-state index in [0.29, 0.717) is 23.4 Å². The Morgan fingerprint density at radius 2 is 1.88 bits per heavy atom. The molecule has 9 nitrogen and oxygen atoms in total. The number of phosphoric ester groups is 1. The number of hydrogen-bond donors (Lipinski definition) is 3. The van der Waals surface area contributed by atoms with E-state index in [0.717, 1.165) is 39.5 Å². The number of carbonyl (C=O) groups excluding carboxylic acids is 1. The van der Waals surface area contributed by atoms with Crippen LogP contribution in [0.1, 0.15) is 53.9 Å². The molecular formula is C32H36N3O6P. The van der Waals surface area contributed by atoms with Crippen molar-refractivity contribution in [2.75, 3.05) is 12.0 Å². The van der Waals surface area contributed by atoms with Crippen LogP contribution in [0.4, 0.5) is 5.69 Å². The number of hydrogen-bond acceptors (Lipinski definition) is 5. The zero-order valence-electron chi connectivity index (χ0n) is 24.6. The van der Waals surface area contributed by atoms with Crippen LogP contribution in [0.15, 0.2) is 71.1 Å². The molecule has 0 fully saturated rings.